The Balaban J connectivity index is 1.58. The summed E-state index contributed by atoms with van der Waals surface area (Å²) in [7, 11) is 0. The summed E-state index contributed by atoms with van der Waals surface area (Å²) in [5.41, 5.74) is 8.99. The van der Waals surface area contributed by atoms with E-state index in [-0.39, 0.29) is 0 Å². The van der Waals surface area contributed by atoms with Crippen molar-refractivity contribution in [3.63, 3.8) is 0 Å². The lowest BCUT2D eigenvalue weighted by molar-refractivity contribution is 0.317. The van der Waals surface area contributed by atoms with Crippen LogP contribution in [0.2, 0.25) is 10.0 Å². The van der Waals surface area contributed by atoms with E-state index < -0.39 is 0 Å². The molecule has 0 radical (unpaired) electrons. The SMILES string of the molecule is CCC(=NC1=C(C)CCN(CC(=C2CCC2)c2cccc(Cl)c2)C1)c1ccccc1Cl. The Morgan fingerprint density at radius 2 is 1.84 bits per heavy atom. The minimum Gasteiger partial charge on any atom is -0.293 e. The molecule has 162 valence electrons. The molecule has 2 aromatic rings. The van der Waals surface area contributed by atoms with E-state index in [1.807, 2.05) is 24.3 Å². The number of hydrogen-bond donors (Lipinski definition) is 0. The van der Waals surface area contributed by atoms with Gasteiger partial charge >= 0.3 is 0 Å². The number of benzene rings is 2. The van der Waals surface area contributed by atoms with E-state index in [0.717, 1.165) is 53.8 Å². The van der Waals surface area contributed by atoms with Gasteiger partial charge in [-0.3, -0.25) is 9.89 Å². The molecular formula is C27H30Cl2N2. The first kappa shape index (κ1) is 22.3. The van der Waals surface area contributed by atoms with Gasteiger partial charge in [0, 0.05) is 41.0 Å². The van der Waals surface area contributed by atoms with Gasteiger partial charge in [-0.1, -0.05) is 66.0 Å². The summed E-state index contributed by atoms with van der Waals surface area (Å²) in [4.78, 5) is 7.66. The molecule has 0 unspecified atom stereocenters. The molecule has 2 aliphatic rings. The molecule has 0 N–H and O–H groups in total. The van der Waals surface area contributed by atoms with Crippen LogP contribution >= 0.6 is 23.2 Å². The van der Waals surface area contributed by atoms with E-state index in [2.05, 4.69) is 43.0 Å². The largest absolute Gasteiger partial charge is 0.293 e. The molecule has 0 spiro atoms. The fourth-order valence-electron chi connectivity index (χ4n) is 4.31. The summed E-state index contributed by atoms with van der Waals surface area (Å²) in [5.74, 6) is 0. The van der Waals surface area contributed by atoms with E-state index in [1.165, 1.54) is 41.7 Å². The highest BCUT2D eigenvalue weighted by Gasteiger charge is 2.22. The van der Waals surface area contributed by atoms with Gasteiger partial charge in [0.15, 0.2) is 0 Å². The van der Waals surface area contributed by atoms with Gasteiger partial charge < -0.3 is 0 Å². The Morgan fingerprint density at radius 3 is 2.52 bits per heavy atom. The molecule has 0 atom stereocenters. The van der Waals surface area contributed by atoms with Gasteiger partial charge in [0.05, 0.1) is 5.70 Å². The molecule has 1 heterocycles. The average Bonchev–Trinajstić information content (AvgIpc) is 2.73. The Bertz CT molecular complexity index is 1040. The maximum absolute atomic E-state index is 6.46. The van der Waals surface area contributed by atoms with E-state index >= 15 is 0 Å². The third-order valence-corrected chi connectivity index (χ3v) is 6.96. The lowest BCUT2D eigenvalue weighted by atomic mass is 9.85. The molecule has 0 bridgehead atoms. The van der Waals surface area contributed by atoms with Gasteiger partial charge in [-0.25, -0.2) is 0 Å². The first-order valence-electron chi connectivity index (χ1n) is 11.3. The van der Waals surface area contributed by atoms with Gasteiger partial charge in [-0.15, -0.1) is 0 Å². The van der Waals surface area contributed by atoms with Crippen molar-refractivity contribution < 1.29 is 0 Å². The monoisotopic (exact) mass is 452 g/mol. The molecule has 31 heavy (non-hydrogen) atoms. The number of rotatable bonds is 6. The molecule has 2 aromatic carbocycles. The maximum atomic E-state index is 6.46. The maximum Gasteiger partial charge on any atom is 0.0537 e. The molecule has 0 saturated heterocycles. The number of hydrogen-bond acceptors (Lipinski definition) is 2. The zero-order valence-corrected chi connectivity index (χ0v) is 19.9. The summed E-state index contributed by atoms with van der Waals surface area (Å²) in [6, 6.07) is 16.3. The number of allylic oxidation sites excluding steroid dienone is 1. The lowest BCUT2D eigenvalue weighted by Crippen LogP contribution is -2.33. The molecule has 1 fully saturated rings. The molecule has 1 aliphatic heterocycles. The molecule has 1 saturated carbocycles. The standard InChI is InChI=1S/C27H30Cl2N2/c1-3-26(23-12-4-5-13-25(23)29)30-27-18-31(15-14-19(27)2)17-24(20-8-6-9-20)21-10-7-11-22(28)16-21/h4-5,7,10-13,16H,3,6,8-9,14-15,17-18H2,1-2H3. The van der Waals surface area contributed by atoms with Crippen molar-refractivity contribution in [1.29, 1.82) is 0 Å². The molecule has 4 rings (SSSR count). The zero-order valence-electron chi connectivity index (χ0n) is 18.4. The van der Waals surface area contributed by atoms with Gasteiger partial charge in [-0.2, -0.15) is 0 Å². The minimum absolute atomic E-state index is 0.770. The third kappa shape index (κ3) is 5.31. The quantitative estimate of drug-likeness (QED) is 0.407. The average molecular weight is 453 g/mol. The molecule has 0 amide bonds. The lowest BCUT2D eigenvalue weighted by Gasteiger charge is -2.32. The van der Waals surface area contributed by atoms with Crippen molar-refractivity contribution in [2.75, 3.05) is 19.6 Å². The fraction of sp³-hybridized carbons (Fsp3) is 0.370. The number of aliphatic imine (C=N–C) groups is 1. The van der Waals surface area contributed by atoms with E-state index in [1.54, 1.807) is 5.57 Å². The summed E-state index contributed by atoms with van der Waals surface area (Å²) >= 11 is 12.8. The van der Waals surface area contributed by atoms with E-state index in [9.17, 15) is 0 Å². The normalized spacial score (nSPS) is 17.7. The van der Waals surface area contributed by atoms with Crippen LogP contribution in [0.15, 0.2) is 70.4 Å². The number of halogens is 2. The van der Waals surface area contributed by atoms with Crippen LogP contribution in [0.3, 0.4) is 0 Å². The van der Waals surface area contributed by atoms with E-state index in [4.69, 9.17) is 28.2 Å². The second-order valence-electron chi connectivity index (χ2n) is 8.53. The van der Waals surface area contributed by atoms with Crippen molar-refractivity contribution in [2.45, 2.75) is 46.0 Å². The Morgan fingerprint density at radius 1 is 1.03 bits per heavy atom. The summed E-state index contributed by atoms with van der Waals surface area (Å²) in [6.45, 7) is 7.26. The second-order valence-corrected chi connectivity index (χ2v) is 9.37. The van der Waals surface area contributed by atoms with Crippen LogP contribution in [-0.4, -0.2) is 30.2 Å². The predicted molar refractivity (Wildman–Crippen MR) is 134 cm³/mol. The fourth-order valence-corrected chi connectivity index (χ4v) is 4.75. The Kier molecular flexibility index (Phi) is 7.32. The zero-order chi connectivity index (χ0) is 21.8. The van der Waals surface area contributed by atoms with Gasteiger partial charge in [0.2, 0.25) is 0 Å². The minimum atomic E-state index is 0.770. The summed E-state index contributed by atoms with van der Waals surface area (Å²) < 4.78 is 0. The number of nitrogens with zero attached hydrogens (tertiary/aromatic N) is 2. The summed E-state index contributed by atoms with van der Waals surface area (Å²) in [5, 5.41) is 1.58. The molecule has 1 aliphatic carbocycles. The van der Waals surface area contributed by atoms with Crippen LogP contribution in [0.25, 0.3) is 5.57 Å². The third-order valence-electron chi connectivity index (χ3n) is 6.40. The molecule has 4 heteroatoms. The van der Waals surface area contributed by atoms with E-state index in [0.29, 0.717) is 0 Å². The first-order chi connectivity index (χ1) is 15.0. The van der Waals surface area contributed by atoms with Crippen LogP contribution in [0, 0.1) is 0 Å². The highest BCUT2D eigenvalue weighted by molar-refractivity contribution is 6.34. The first-order valence-corrected chi connectivity index (χ1v) is 12.0. The van der Waals surface area contributed by atoms with Crippen LogP contribution < -0.4 is 0 Å². The molecule has 0 aromatic heterocycles. The Hall–Kier alpha value is -1.87. The topological polar surface area (TPSA) is 15.6 Å². The summed E-state index contributed by atoms with van der Waals surface area (Å²) in [6.07, 6.45) is 5.63. The van der Waals surface area contributed by atoms with Crippen LogP contribution in [0.5, 0.6) is 0 Å². The predicted octanol–water partition coefficient (Wildman–Crippen LogP) is 7.81. The van der Waals surface area contributed by atoms with Crippen molar-refractivity contribution in [3.05, 3.63) is 86.5 Å². The van der Waals surface area contributed by atoms with Crippen molar-refractivity contribution in [1.82, 2.24) is 4.90 Å². The second kappa shape index (κ2) is 10.2. The highest BCUT2D eigenvalue weighted by Crippen LogP contribution is 2.35. The highest BCUT2D eigenvalue weighted by atomic mass is 35.5. The Labute approximate surface area is 196 Å². The molecular weight excluding hydrogens is 423 g/mol. The van der Waals surface area contributed by atoms with Crippen molar-refractivity contribution >= 4 is 34.5 Å². The van der Waals surface area contributed by atoms with Crippen LogP contribution in [0.4, 0.5) is 0 Å². The van der Waals surface area contributed by atoms with Gasteiger partial charge in [0.25, 0.3) is 0 Å². The van der Waals surface area contributed by atoms with Gasteiger partial charge in [0.1, 0.15) is 0 Å². The van der Waals surface area contributed by atoms with Crippen molar-refractivity contribution in [3.8, 4) is 0 Å². The molecule has 2 nitrogen and oxygen atoms in total. The van der Waals surface area contributed by atoms with Gasteiger partial charge in [-0.05, 0) is 73.9 Å². The van der Waals surface area contributed by atoms with Crippen LogP contribution in [-0.2, 0) is 0 Å². The smallest absolute Gasteiger partial charge is 0.0537 e. The van der Waals surface area contributed by atoms with Crippen LogP contribution in [0.1, 0.15) is 57.1 Å². The van der Waals surface area contributed by atoms with Crippen molar-refractivity contribution in [2.24, 2.45) is 4.99 Å².